The van der Waals surface area contributed by atoms with E-state index in [9.17, 15) is 4.79 Å². The molecule has 0 aliphatic rings. The molecule has 1 aromatic heterocycles. The Balaban J connectivity index is 2.96. The Hall–Kier alpha value is -0.840. The number of benzene rings is 1. The lowest BCUT2D eigenvalue weighted by Crippen LogP contribution is -2.07. The van der Waals surface area contributed by atoms with E-state index in [1.807, 2.05) is 13.0 Å². The highest BCUT2D eigenvalue weighted by Gasteiger charge is 2.06. The van der Waals surface area contributed by atoms with Gasteiger partial charge >= 0.3 is 0 Å². The number of nitrogens with one attached hydrogen (secondary N) is 1. The fourth-order valence-corrected chi connectivity index (χ4v) is 2.44. The van der Waals surface area contributed by atoms with Gasteiger partial charge in [-0.3, -0.25) is 4.79 Å². The molecule has 1 heterocycles. The number of hydrogen-bond donors (Lipinski definition) is 1. The molecule has 2 aromatic rings. The van der Waals surface area contributed by atoms with Crippen molar-refractivity contribution in [2.75, 3.05) is 0 Å². The first-order valence-corrected chi connectivity index (χ1v) is 6.01. The van der Waals surface area contributed by atoms with E-state index >= 15 is 0 Å². The Labute approximate surface area is 102 Å². The van der Waals surface area contributed by atoms with Crippen LogP contribution in [-0.2, 0) is 6.42 Å². The number of hydrogen-bond acceptors (Lipinski definition) is 1. The molecule has 0 saturated heterocycles. The van der Waals surface area contributed by atoms with E-state index in [-0.39, 0.29) is 5.43 Å². The number of pyridine rings is 1. The molecule has 0 aliphatic heterocycles. The first kappa shape index (κ1) is 10.7. The molecule has 0 bridgehead atoms. The second-order valence-corrected chi connectivity index (χ2v) is 4.89. The third-order valence-corrected chi connectivity index (χ3v) is 3.22. The largest absolute Gasteiger partial charge is 0.360 e. The molecule has 15 heavy (non-hydrogen) atoms. The summed E-state index contributed by atoms with van der Waals surface area (Å²) in [6.07, 6.45) is 2.73. The van der Waals surface area contributed by atoms with Gasteiger partial charge in [-0.15, -0.1) is 0 Å². The summed E-state index contributed by atoms with van der Waals surface area (Å²) in [6, 6.07) is 4.06. The van der Waals surface area contributed by atoms with Crippen LogP contribution in [0.1, 0.15) is 18.1 Å². The van der Waals surface area contributed by atoms with E-state index in [2.05, 4.69) is 40.6 Å². The highest BCUT2D eigenvalue weighted by atomic mass is 127. The Morgan fingerprint density at radius 3 is 2.80 bits per heavy atom. The quantitative estimate of drug-likeness (QED) is 0.807. The van der Waals surface area contributed by atoms with Crippen molar-refractivity contribution in [3.63, 3.8) is 0 Å². The van der Waals surface area contributed by atoms with Crippen LogP contribution in [0.4, 0.5) is 0 Å². The minimum Gasteiger partial charge on any atom is -0.360 e. The molecule has 0 aliphatic carbocycles. The molecule has 0 saturated carbocycles. The maximum absolute atomic E-state index is 11.9. The molecule has 0 unspecified atom stereocenters. The van der Waals surface area contributed by atoms with Crippen LogP contribution in [-0.4, -0.2) is 4.98 Å². The smallest absolute Gasteiger partial charge is 0.192 e. The van der Waals surface area contributed by atoms with Crippen LogP contribution in [0.3, 0.4) is 0 Å². The first-order chi connectivity index (χ1) is 7.13. The van der Waals surface area contributed by atoms with Crippen LogP contribution < -0.4 is 5.43 Å². The fraction of sp³-hybridized carbons (Fsp3) is 0.250. The molecule has 2 rings (SSSR count). The summed E-state index contributed by atoms with van der Waals surface area (Å²) < 4.78 is 1.12. The molecule has 0 radical (unpaired) electrons. The monoisotopic (exact) mass is 313 g/mol. The van der Waals surface area contributed by atoms with Crippen LogP contribution in [0.25, 0.3) is 10.9 Å². The minimum atomic E-state index is 0.136. The molecular weight excluding hydrogens is 301 g/mol. The lowest BCUT2D eigenvalue weighted by Gasteiger charge is -2.05. The van der Waals surface area contributed by atoms with Crippen molar-refractivity contribution in [1.29, 1.82) is 0 Å². The zero-order chi connectivity index (χ0) is 11.0. The third-order valence-electron chi connectivity index (χ3n) is 2.60. The second-order valence-electron chi connectivity index (χ2n) is 3.64. The highest BCUT2D eigenvalue weighted by molar-refractivity contribution is 14.1. The van der Waals surface area contributed by atoms with E-state index in [0.717, 1.165) is 26.5 Å². The van der Waals surface area contributed by atoms with Gasteiger partial charge in [0.2, 0.25) is 0 Å². The fourth-order valence-electron chi connectivity index (χ4n) is 1.75. The highest BCUT2D eigenvalue weighted by Crippen LogP contribution is 2.18. The number of halogens is 1. The number of aryl methyl sites for hydroxylation is 2. The maximum atomic E-state index is 11.9. The molecule has 1 N–H and O–H groups in total. The number of aromatic amines is 1. The van der Waals surface area contributed by atoms with Crippen molar-refractivity contribution in [1.82, 2.24) is 4.98 Å². The Morgan fingerprint density at radius 2 is 2.13 bits per heavy atom. The molecule has 2 nitrogen and oxygen atoms in total. The molecule has 0 atom stereocenters. The van der Waals surface area contributed by atoms with Crippen LogP contribution in [0, 0.1) is 10.5 Å². The molecule has 3 heteroatoms. The van der Waals surface area contributed by atoms with E-state index in [0.29, 0.717) is 0 Å². The Kier molecular flexibility index (Phi) is 2.82. The van der Waals surface area contributed by atoms with E-state index < -0.39 is 0 Å². The van der Waals surface area contributed by atoms with Crippen LogP contribution in [0.15, 0.2) is 23.1 Å². The molecule has 0 spiro atoms. The average Bonchev–Trinajstić information content (AvgIpc) is 2.23. The lowest BCUT2D eigenvalue weighted by atomic mass is 10.1. The molecule has 78 valence electrons. The van der Waals surface area contributed by atoms with Gasteiger partial charge in [-0.25, -0.2) is 0 Å². The number of H-pyrrole nitrogens is 1. The van der Waals surface area contributed by atoms with Crippen molar-refractivity contribution < 1.29 is 0 Å². The third kappa shape index (κ3) is 1.80. The van der Waals surface area contributed by atoms with Crippen molar-refractivity contribution in [3.05, 3.63) is 43.2 Å². The predicted molar refractivity (Wildman–Crippen MR) is 71.4 cm³/mol. The minimum absolute atomic E-state index is 0.136. The van der Waals surface area contributed by atoms with Gasteiger partial charge < -0.3 is 4.98 Å². The van der Waals surface area contributed by atoms with Gasteiger partial charge in [0.05, 0.1) is 5.52 Å². The van der Waals surface area contributed by atoms with Gasteiger partial charge in [0.15, 0.2) is 5.43 Å². The van der Waals surface area contributed by atoms with Gasteiger partial charge in [-0.05, 0) is 53.6 Å². The standard InChI is InChI=1S/C12H12INO/c1-3-8-4-9(13)5-10-11(8)14-6-7(2)12(10)15/h4-6H,3H2,1-2H3,(H,14,15). The van der Waals surface area contributed by atoms with Gasteiger partial charge in [-0.1, -0.05) is 6.92 Å². The number of aromatic nitrogens is 1. The Bertz CT molecular complexity index is 572. The van der Waals surface area contributed by atoms with Crippen LogP contribution in [0.2, 0.25) is 0 Å². The molecule has 0 amide bonds. The van der Waals surface area contributed by atoms with E-state index in [4.69, 9.17) is 0 Å². The van der Waals surface area contributed by atoms with Crippen molar-refractivity contribution >= 4 is 33.5 Å². The lowest BCUT2D eigenvalue weighted by molar-refractivity contribution is 1.14. The number of rotatable bonds is 1. The van der Waals surface area contributed by atoms with Crippen molar-refractivity contribution in [2.24, 2.45) is 0 Å². The molecule has 0 fully saturated rings. The zero-order valence-corrected chi connectivity index (χ0v) is 10.9. The van der Waals surface area contributed by atoms with Gasteiger partial charge in [0.1, 0.15) is 0 Å². The summed E-state index contributed by atoms with van der Waals surface area (Å²) in [6.45, 7) is 3.94. The summed E-state index contributed by atoms with van der Waals surface area (Å²) >= 11 is 2.25. The van der Waals surface area contributed by atoms with Crippen LogP contribution >= 0.6 is 22.6 Å². The summed E-state index contributed by atoms with van der Waals surface area (Å²) in [5, 5.41) is 0.804. The van der Waals surface area contributed by atoms with Gasteiger partial charge in [-0.2, -0.15) is 0 Å². The second kappa shape index (κ2) is 3.96. The molecular formula is C12H12INO. The van der Waals surface area contributed by atoms with Crippen molar-refractivity contribution in [3.8, 4) is 0 Å². The predicted octanol–water partition coefficient (Wildman–Crippen LogP) is 3.00. The topological polar surface area (TPSA) is 32.9 Å². The Morgan fingerprint density at radius 1 is 1.40 bits per heavy atom. The summed E-state index contributed by atoms with van der Waals surface area (Å²) in [5.41, 5.74) is 3.09. The van der Waals surface area contributed by atoms with Gasteiger partial charge in [0, 0.05) is 20.7 Å². The maximum Gasteiger partial charge on any atom is 0.192 e. The van der Waals surface area contributed by atoms with E-state index in [1.165, 1.54) is 5.56 Å². The summed E-state index contributed by atoms with van der Waals surface area (Å²) in [7, 11) is 0. The summed E-state index contributed by atoms with van der Waals surface area (Å²) in [4.78, 5) is 15.1. The van der Waals surface area contributed by atoms with Gasteiger partial charge in [0.25, 0.3) is 0 Å². The first-order valence-electron chi connectivity index (χ1n) is 4.94. The number of fused-ring (bicyclic) bond motifs is 1. The van der Waals surface area contributed by atoms with Crippen LogP contribution in [0.5, 0.6) is 0 Å². The zero-order valence-electron chi connectivity index (χ0n) is 8.73. The van der Waals surface area contributed by atoms with E-state index in [1.54, 1.807) is 6.20 Å². The normalized spacial score (nSPS) is 10.9. The average molecular weight is 313 g/mol. The molecule has 1 aromatic carbocycles. The van der Waals surface area contributed by atoms with Crippen molar-refractivity contribution in [2.45, 2.75) is 20.3 Å². The summed E-state index contributed by atoms with van der Waals surface area (Å²) in [5.74, 6) is 0. The SMILES string of the molecule is CCc1cc(I)cc2c(=O)c(C)c[nH]c12.